The third-order valence-electron chi connectivity index (χ3n) is 4.27. The van der Waals surface area contributed by atoms with Crippen LogP contribution in [0.25, 0.3) is 0 Å². The van der Waals surface area contributed by atoms with Crippen LogP contribution in [0.5, 0.6) is 0 Å². The summed E-state index contributed by atoms with van der Waals surface area (Å²) in [6.07, 6.45) is 6.49. The minimum atomic E-state index is -0.145. The first-order valence-electron chi connectivity index (χ1n) is 7.84. The Balaban J connectivity index is 1.66. The van der Waals surface area contributed by atoms with Gasteiger partial charge in [0.2, 0.25) is 0 Å². The molecule has 0 spiro atoms. The number of aryl methyl sites for hydroxylation is 2. The van der Waals surface area contributed by atoms with Gasteiger partial charge in [0, 0.05) is 37.9 Å². The molecule has 22 heavy (non-hydrogen) atoms. The molecule has 6 heteroatoms. The fourth-order valence-electron chi connectivity index (χ4n) is 2.88. The van der Waals surface area contributed by atoms with Crippen molar-refractivity contribution in [3.63, 3.8) is 0 Å². The molecule has 1 aliphatic rings. The SMILES string of the molecule is Cc1nn(C)c(C)c1CCCNC(=O)N[C@@H]1C=C[C@H](CO)C1. The zero-order valence-corrected chi connectivity index (χ0v) is 13.6. The lowest BCUT2D eigenvalue weighted by Gasteiger charge is -2.13. The van der Waals surface area contributed by atoms with E-state index in [0.717, 1.165) is 25.0 Å². The number of aliphatic hydroxyl groups excluding tert-OH is 1. The summed E-state index contributed by atoms with van der Waals surface area (Å²) in [5.41, 5.74) is 3.53. The second-order valence-corrected chi connectivity index (χ2v) is 5.95. The summed E-state index contributed by atoms with van der Waals surface area (Å²) in [4.78, 5) is 11.8. The van der Waals surface area contributed by atoms with Gasteiger partial charge in [-0.2, -0.15) is 5.10 Å². The highest BCUT2D eigenvalue weighted by molar-refractivity contribution is 5.74. The summed E-state index contributed by atoms with van der Waals surface area (Å²) in [5.74, 6) is 0.168. The smallest absolute Gasteiger partial charge is 0.315 e. The van der Waals surface area contributed by atoms with E-state index in [1.165, 1.54) is 11.3 Å². The summed E-state index contributed by atoms with van der Waals surface area (Å²) in [5, 5.41) is 19.2. The van der Waals surface area contributed by atoms with Gasteiger partial charge >= 0.3 is 6.03 Å². The molecule has 1 aromatic heterocycles. The Morgan fingerprint density at radius 2 is 2.23 bits per heavy atom. The predicted octanol–water partition coefficient (Wildman–Crippen LogP) is 1.21. The zero-order chi connectivity index (χ0) is 16.1. The molecule has 0 bridgehead atoms. The molecule has 1 heterocycles. The van der Waals surface area contributed by atoms with Gasteiger partial charge < -0.3 is 15.7 Å². The first kappa shape index (κ1) is 16.5. The Morgan fingerprint density at radius 1 is 1.45 bits per heavy atom. The first-order valence-corrected chi connectivity index (χ1v) is 7.84. The third kappa shape index (κ3) is 4.10. The highest BCUT2D eigenvalue weighted by Crippen LogP contribution is 2.16. The number of amides is 2. The molecule has 2 atom stereocenters. The monoisotopic (exact) mass is 306 g/mol. The summed E-state index contributed by atoms with van der Waals surface area (Å²) < 4.78 is 1.90. The summed E-state index contributed by atoms with van der Waals surface area (Å²) >= 11 is 0. The van der Waals surface area contributed by atoms with Crippen molar-refractivity contribution in [2.24, 2.45) is 13.0 Å². The Kier molecular flexibility index (Phi) is 5.60. The van der Waals surface area contributed by atoms with E-state index in [-0.39, 0.29) is 24.6 Å². The van der Waals surface area contributed by atoms with Crippen LogP contribution >= 0.6 is 0 Å². The maximum atomic E-state index is 11.8. The number of carbonyl (C=O) groups is 1. The normalized spacial score (nSPS) is 20.4. The number of hydrogen-bond acceptors (Lipinski definition) is 3. The molecular formula is C16H26N4O2. The van der Waals surface area contributed by atoms with Gasteiger partial charge in [0.1, 0.15) is 0 Å². The fourth-order valence-corrected chi connectivity index (χ4v) is 2.88. The second kappa shape index (κ2) is 7.45. The molecule has 2 amide bonds. The quantitative estimate of drug-likeness (QED) is 0.546. The van der Waals surface area contributed by atoms with E-state index in [1.54, 1.807) is 0 Å². The molecule has 122 valence electrons. The van der Waals surface area contributed by atoms with Crippen LogP contribution in [-0.4, -0.2) is 40.1 Å². The molecule has 0 aliphatic heterocycles. The topological polar surface area (TPSA) is 79.2 Å². The van der Waals surface area contributed by atoms with Crippen molar-refractivity contribution < 1.29 is 9.90 Å². The number of urea groups is 1. The Hall–Kier alpha value is -1.82. The number of hydrogen-bond donors (Lipinski definition) is 3. The lowest BCUT2D eigenvalue weighted by atomic mass is 10.1. The molecule has 0 saturated heterocycles. The van der Waals surface area contributed by atoms with Gasteiger partial charge in [-0.3, -0.25) is 4.68 Å². The maximum Gasteiger partial charge on any atom is 0.315 e. The molecule has 0 fully saturated rings. The van der Waals surface area contributed by atoms with Crippen molar-refractivity contribution in [2.75, 3.05) is 13.2 Å². The molecule has 0 saturated carbocycles. The molecule has 2 rings (SSSR count). The molecule has 3 N–H and O–H groups in total. The summed E-state index contributed by atoms with van der Waals surface area (Å²) in [7, 11) is 1.95. The van der Waals surface area contributed by atoms with Crippen LogP contribution in [0.3, 0.4) is 0 Å². The summed E-state index contributed by atoms with van der Waals surface area (Å²) in [6.45, 7) is 4.87. The van der Waals surface area contributed by atoms with Gasteiger partial charge in [-0.1, -0.05) is 12.2 Å². The van der Waals surface area contributed by atoms with Gasteiger partial charge in [0.25, 0.3) is 0 Å². The van der Waals surface area contributed by atoms with Gasteiger partial charge in [-0.05, 0) is 38.7 Å². The van der Waals surface area contributed by atoms with Crippen LogP contribution in [-0.2, 0) is 13.5 Å². The van der Waals surface area contributed by atoms with Crippen molar-refractivity contribution in [2.45, 2.75) is 39.2 Å². The molecule has 0 unspecified atom stereocenters. The number of carbonyl (C=O) groups excluding carboxylic acids is 1. The largest absolute Gasteiger partial charge is 0.396 e. The van der Waals surface area contributed by atoms with Gasteiger partial charge in [-0.15, -0.1) is 0 Å². The molecule has 0 aromatic carbocycles. The number of nitrogens with one attached hydrogen (secondary N) is 2. The fraction of sp³-hybridized carbons (Fsp3) is 0.625. The minimum Gasteiger partial charge on any atom is -0.396 e. The predicted molar refractivity (Wildman–Crippen MR) is 85.7 cm³/mol. The molecule has 1 aliphatic carbocycles. The Labute approximate surface area is 131 Å². The van der Waals surface area contributed by atoms with Crippen molar-refractivity contribution in [3.05, 3.63) is 29.1 Å². The maximum absolute atomic E-state index is 11.8. The van der Waals surface area contributed by atoms with Crippen LogP contribution in [0.4, 0.5) is 4.79 Å². The Morgan fingerprint density at radius 3 is 2.82 bits per heavy atom. The lowest BCUT2D eigenvalue weighted by molar-refractivity contribution is 0.231. The third-order valence-corrected chi connectivity index (χ3v) is 4.27. The highest BCUT2D eigenvalue weighted by Gasteiger charge is 2.19. The van der Waals surface area contributed by atoms with Gasteiger partial charge in [-0.25, -0.2) is 4.79 Å². The van der Waals surface area contributed by atoms with Crippen molar-refractivity contribution in [1.29, 1.82) is 0 Å². The number of aromatic nitrogens is 2. The standard InChI is InChI=1S/C16H26N4O2/c1-11-15(12(2)20(3)19-11)5-4-8-17-16(22)18-14-7-6-13(9-14)10-21/h6-7,13-14,21H,4-5,8-10H2,1-3H3,(H2,17,18,22)/t13-,14+/m0/s1. The van der Waals surface area contributed by atoms with Gasteiger partial charge in [0.15, 0.2) is 0 Å². The van der Waals surface area contributed by atoms with Crippen molar-refractivity contribution in [1.82, 2.24) is 20.4 Å². The molecule has 6 nitrogen and oxygen atoms in total. The van der Waals surface area contributed by atoms with Gasteiger partial charge in [0.05, 0.1) is 5.69 Å². The van der Waals surface area contributed by atoms with Crippen molar-refractivity contribution >= 4 is 6.03 Å². The lowest BCUT2D eigenvalue weighted by Crippen LogP contribution is -2.41. The van der Waals surface area contributed by atoms with Crippen LogP contribution < -0.4 is 10.6 Å². The van der Waals surface area contributed by atoms with E-state index < -0.39 is 0 Å². The second-order valence-electron chi connectivity index (χ2n) is 5.95. The molecule has 1 aromatic rings. The van der Waals surface area contributed by atoms with E-state index in [4.69, 9.17) is 5.11 Å². The number of aliphatic hydroxyl groups is 1. The molecule has 0 radical (unpaired) electrons. The first-order chi connectivity index (χ1) is 10.5. The average molecular weight is 306 g/mol. The van der Waals surface area contributed by atoms with Crippen LogP contribution in [0, 0.1) is 19.8 Å². The van der Waals surface area contributed by atoms with E-state index in [1.807, 2.05) is 30.8 Å². The highest BCUT2D eigenvalue weighted by atomic mass is 16.3. The summed E-state index contributed by atoms with van der Waals surface area (Å²) in [6, 6.07) is -0.118. The number of rotatable bonds is 6. The zero-order valence-electron chi connectivity index (χ0n) is 13.6. The van der Waals surface area contributed by atoms with E-state index >= 15 is 0 Å². The minimum absolute atomic E-state index is 0.0277. The van der Waals surface area contributed by atoms with Crippen molar-refractivity contribution in [3.8, 4) is 0 Å². The molecular weight excluding hydrogens is 280 g/mol. The van der Waals surface area contributed by atoms with E-state index in [0.29, 0.717) is 6.54 Å². The van der Waals surface area contributed by atoms with Crippen LogP contribution in [0.15, 0.2) is 12.2 Å². The van der Waals surface area contributed by atoms with E-state index in [9.17, 15) is 4.79 Å². The average Bonchev–Trinajstić information content (AvgIpc) is 3.02. The van der Waals surface area contributed by atoms with Crippen LogP contribution in [0.2, 0.25) is 0 Å². The van der Waals surface area contributed by atoms with E-state index in [2.05, 4.69) is 22.7 Å². The Bertz CT molecular complexity index is 551. The number of nitrogens with zero attached hydrogens (tertiary/aromatic N) is 2. The van der Waals surface area contributed by atoms with Crippen LogP contribution in [0.1, 0.15) is 29.8 Å².